The molecule has 0 saturated carbocycles. The fourth-order valence-corrected chi connectivity index (χ4v) is 0.940. The monoisotopic (exact) mass is 276 g/mol. The molecule has 0 aromatic rings. The highest BCUT2D eigenvalue weighted by molar-refractivity contribution is 7.78. The van der Waals surface area contributed by atoms with Crippen LogP contribution in [0.25, 0.3) is 0 Å². The smallest absolute Gasteiger partial charge is 0.408 e. The number of carbonyl (C=O) groups is 1. The van der Waals surface area contributed by atoms with Crippen LogP contribution in [-0.4, -0.2) is 27.8 Å². The molecule has 80 valence electrons. The molecule has 0 fully saturated rings. The molecule has 0 aromatic heterocycles. The third-order valence-corrected chi connectivity index (χ3v) is 1.75. The lowest BCUT2D eigenvalue weighted by atomic mass is 10.6. The van der Waals surface area contributed by atoms with Gasteiger partial charge in [-0.1, -0.05) is 34.8 Å². The maximum atomic E-state index is 10.9. The number of hydrogen-bond donors (Lipinski definition) is 1. The summed E-state index contributed by atoms with van der Waals surface area (Å²) in [5.74, 6) is 0. The van der Waals surface area contributed by atoms with Gasteiger partial charge in [-0.25, -0.2) is 9.79 Å². The van der Waals surface area contributed by atoms with Gasteiger partial charge in [0.15, 0.2) is 6.17 Å². The molecule has 8 heteroatoms. The number of nitrogens with one attached hydrogen (secondary N) is 1. The Morgan fingerprint density at radius 1 is 1.71 bits per heavy atom. The first-order valence-electron chi connectivity index (χ1n) is 3.48. The highest BCUT2D eigenvalue weighted by Gasteiger charge is 2.34. The molecular formula is C6H7Cl3N2O2S. The molecule has 0 aromatic carbocycles. The average molecular weight is 278 g/mol. The number of carbonyl (C=O) groups excluding carboxylic acids is 1. The van der Waals surface area contributed by atoms with Crippen LogP contribution in [-0.2, 0) is 4.74 Å². The predicted molar refractivity (Wildman–Crippen MR) is 59.3 cm³/mol. The van der Waals surface area contributed by atoms with Crippen molar-refractivity contribution >= 4 is 58.3 Å². The Balaban J connectivity index is 4.39. The van der Waals surface area contributed by atoms with E-state index in [1.54, 1.807) is 6.92 Å². The fourth-order valence-electron chi connectivity index (χ4n) is 0.524. The van der Waals surface area contributed by atoms with Crippen LogP contribution in [0.1, 0.15) is 6.92 Å². The maximum Gasteiger partial charge on any atom is 0.408 e. The second kappa shape index (κ2) is 6.43. The van der Waals surface area contributed by atoms with Gasteiger partial charge >= 0.3 is 6.09 Å². The Morgan fingerprint density at radius 3 is 2.64 bits per heavy atom. The molecule has 1 N–H and O–H groups in total. The molecule has 1 atom stereocenters. The van der Waals surface area contributed by atoms with Gasteiger partial charge in [-0.2, -0.15) is 0 Å². The first-order chi connectivity index (χ1) is 6.41. The van der Waals surface area contributed by atoms with Crippen molar-refractivity contribution in [2.45, 2.75) is 16.9 Å². The van der Waals surface area contributed by atoms with Gasteiger partial charge in [-0.05, 0) is 19.1 Å². The highest BCUT2D eigenvalue weighted by Crippen LogP contribution is 2.30. The van der Waals surface area contributed by atoms with Crippen LogP contribution >= 0.6 is 47.0 Å². The molecule has 0 saturated heterocycles. The molecule has 0 heterocycles. The van der Waals surface area contributed by atoms with E-state index in [2.05, 4.69) is 27.3 Å². The van der Waals surface area contributed by atoms with Crippen LogP contribution in [0.4, 0.5) is 4.79 Å². The Kier molecular flexibility index (Phi) is 6.40. The maximum absolute atomic E-state index is 10.9. The van der Waals surface area contributed by atoms with E-state index in [1.807, 2.05) is 5.16 Å². The first kappa shape index (κ1) is 13.9. The summed E-state index contributed by atoms with van der Waals surface area (Å²) in [6.07, 6.45) is -1.85. The number of ether oxygens (including phenoxy) is 1. The molecule has 0 aliphatic carbocycles. The van der Waals surface area contributed by atoms with Gasteiger partial charge in [0, 0.05) is 0 Å². The zero-order chi connectivity index (χ0) is 11.2. The van der Waals surface area contributed by atoms with Crippen LogP contribution in [0.15, 0.2) is 4.99 Å². The zero-order valence-corrected chi connectivity index (χ0v) is 10.2. The average Bonchev–Trinajstić information content (AvgIpc) is 2.02. The summed E-state index contributed by atoms with van der Waals surface area (Å²) >= 11 is 20.8. The number of halogens is 3. The number of nitrogens with zero attached hydrogens (tertiary/aromatic N) is 1. The van der Waals surface area contributed by atoms with E-state index in [-0.39, 0.29) is 6.61 Å². The topological polar surface area (TPSA) is 50.7 Å². The number of isothiocyanates is 1. The number of alkyl carbamates (subject to hydrolysis) is 1. The lowest BCUT2D eigenvalue weighted by Gasteiger charge is -2.19. The molecule has 1 amide bonds. The molecule has 4 nitrogen and oxygen atoms in total. The van der Waals surface area contributed by atoms with E-state index in [4.69, 9.17) is 34.8 Å². The van der Waals surface area contributed by atoms with E-state index in [0.29, 0.717) is 0 Å². The molecular weight excluding hydrogens is 271 g/mol. The van der Waals surface area contributed by atoms with E-state index >= 15 is 0 Å². The van der Waals surface area contributed by atoms with Gasteiger partial charge in [0.05, 0.1) is 11.8 Å². The number of amides is 1. The van der Waals surface area contributed by atoms with Gasteiger partial charge in [-0.3, -0.25) is 5.32 Å². The summed E-state index contributed by atoms with van der Waals surface area (Å²) in [7, 11) is 0. The summed E-state index contributed by atoms with van der Waals surface area (Å²) < 4.78 is 2.77. The van der Waals surface area contributed by atoms with Gasteiger partial charge in [0.2, 0.25) is 3.79 Å². The van der Waals surface area contributed by atoms with E-state index in [0.717, 1.165) is 0 Å². The van der Waals surface area contributed by atoms with E-state index in [9.17, 15) is 4.79 Å². The fraction of sp³-hybridized carbons (Fsp3) is 0.667. The van der Waals surface area contributed by atoms with Crippen molar-refractivity contribution in [2.24, 2.45) is 4.99 Å². The Morgan fingerprint density at radius 2 is 2.29 bits per heavy atom. The van der Waals surface area contributed by atoms with Crippen LogP contribution in [0, 0.1) is 0 Å². The van der Waals surface area contributed by atoms with Crippen molar-refractivity contribution in [2.75, 3.05) is 6.61 Å². The van der Waals surface area contributed by atoms with Crippen LogP contribution < -0.4 is 5.32 Å². The SMILES string of the molecule is CCOC(=O)N[C@H](N=C=S)C(Cl)(Cl)Cl. The van der Waals surface area contributed by atoms with E-state index < -0.39 is 16.1 Å². The van der Waals surface area contributed by atoms with Crippen molar-refractivity contribution in [1.82, 2.24) is 5.32 Å². The first-order valence-corrected chi connectivity index (χ1v) is 5.03. The van der Waals surface area contributed by atoms with Crippen molar-refractivity contribution in [3.63, 3.8) is 0 Å². The Labute approximate surface area is 102 Å². The number of rotatable bonds is 3. The number of hydrogen-bond acceptors (Lipinski definition) is 4. The highest BCUT2D eigenvalue weighted by atomic mass is 35.6. The van der Waals surface area contributed by atoms with E-state index in [1.165, 1.54) is 0 Å². The predicted octanol–water partition coefficient (Wildman–Crippen LogP) is 2.53. The third-order valence-electron chi connectivity index (χ3n) is 1.02. The van der Waals surface area contributed by atoms with Crippen LogP contribution in [0.2, 0.25) is 0 Å². The Hall–Kier alpha value is -0.0600. The van der Waals surface area contributed by atoms with Gasteiger partial charge in [0.1, 0.15) is 0 Å². The zero-order valence-electron chi connectivity index (χ0n) is 7.09. The van der Waals surface area contributed by atoms with Crippen molar-refractivity contribution in [1.29, 1.82) is 0 Å². The van der Waals surface area contributed by atoms with Gasteiger partial charge in [0.25, 0.3) is 0 Å². The summed E-state index contributed by atoms with van der Waals surface area (Å²) in [6.45, 7) is 1.85. The number of aliphatic imine (C=N–C) groups is 1. The van der Waals surface area contributed by atoms with Crippen LogP contribution in [0.5, 0.6) is 0 Å². The third kappa shape index (κ3) is 5.62. The molecule has 0 aliphatic rings. The lowest BCUT2D eigenvalue weighted by molar-refractivity contribution is 0.148. The number of alkyl halides is 3. The minimum absolute atomic E-state index is 0.208. The summed E-state index contributed by atoms with van der Waals surface area (Å²) in [4.78, 5) is 14.4. The van der Waals surface area contributed by atoms with Crippen molar-refractivity contribution in [3.8, 4) is 0 Å². The summed E-state index contributed by atoms with van der Waals surface area (Å²) in [5.41, 5.74) is 0. The largest absolute Gasteiger partial charge is 0.450 e. The normalized spacial score (nSPS) is 12.6. The molecule has 0 spiro atoms. The van der Waals surface area contributed by atoms with Crippen molar-refractivity contribution < 1.29 is 9.53 Å². The molecule has 0 radical (unpaired) electrons. The molecule has 0 rings (SSSR count). The quantitative estimate of drug-likeness (QED) is 0.490. The minimum atomic E-state index is -1.79. The molecule has 0 unspecified atom stereocenters. The van der Waals surface area contributed by atoms with Crippen LogP contribution in [0.3, 0.4) is 0 Å². The standard InChI is InChI=1S/C6H7Cl3N2O2S/c1-2-13-5(12)11-4(10-3-14)6(7,8)9/h4H,2H2,1H3,(H,11,12)/t4-/m0/s1. The second-order valence-corrected chi connectivity index (χ2v) is 4.58. The lowest BCUT2D eigenvalue weighted by Crippen LogP contribution is -2.42. The molecule has 0 aliphatic heterocycles. The number of thiocarbonyl (C=S) groups is 1. The van der Waals surface area contributed by atoms with Gasteiger partial charge in [-0.15, -0.1) is 0 Å². The molecule has 14 heavy (non-hydrogen) atoms. The summed E-state index contributed by atoms with van der Waals surface area (Å²) in [6, 6.07) is 0. The van der Waals surface area contributed by atoms with Crippen molar-refractivity contribution in [3.05, 3.63) is 0 Å². The Bertz CT molecular complexity index is 250. The second-order valence-electron chi connectivity index (χ2n) is 2.03. The minimum Gasteiger partial charge on any atom is -0.450 e. The molecule has 0 bridgehead atoms. The summed E-state index contributed by atoms with van der Waals surface area (Å²) in [5, 5.41) is 4.21. The van der Waals surface area contributed by atoms with Gasteiger partial charge < -0.3 is 4.74 Å².